The number of nitriles is 1. The van der Waals surface area contributed by atoms with Gasteiger partial charge in [-0.2, -0.15) is 5.26 Å². The Morgan fingerprint density at radius 1 is 1.33 bits per heavy atom. The molecule has 0 amide bonds. The summed E-state index contributed by atoms with van der Waals surface area (Å²) < 4.78 is 40.2. The van der Waals surface area contributed by atoms with Crippen LogP contribution in [0.2, 0.25) is 5.02 Å². The van der Waals surface area contributed by atoms with E-state index in [1.807, 2.05) is 6.07 Å². The number of nitrogens with one attached hydrogen (secondary N) is 3. The summed E-state index contributed by atoms with van der Waals surface area (Å²) in [4.78, 5) is 16.7. The minimum Gasteiger partial charge on any atom is -0.353 e. The maximum absolute atomic E-state index is 14.5. The number of aromatic nitrogens is 4. The van der Waals surface area contributed by atoms with Gasteiger partial charge in [0.2, 0.25) is 16.0 Å². The molecule has 9 nitrogen and oxygen atoms in total. The lowest BCUT2D eigenvalue weighted by Gasteiger charge is -2.11. The van der Waals surface area contributed by atoms with Gasteiger partial charge in [0.15, 0.2) is 0 Å². The summed E-state index contributed by atoms with van der Waals surface area (Å²) in [6, 6.07) is 5.94. The Morgan fingerprint density at radius 2 is 2.09 bits per heavy atom. The van der Waals surface area contributed by atoms with Crippen molar-refractivity contribution in [3.8, 4) is 28.7 Å². The summed E-state index contributed by atoms with van der Waals surface area (Å²) in [6.45, 7) is 2.45. The van der Waals surface area contributed by atoms with E-state index in [2.05, 4.69) is 31.9 Å². The van der Waals surface area contributed by atoms with Crippen LogP contribution in [0.15, 0.2) is 24.4 Å². The third kappa shape index (κ3) is 5.07. The molecule has 1 aliphatic carbocycles. The third-order valence-corrected chi connectivity index (χ3v) is 6.29. The van der Waals surface area contributed by atoms with Gasteiger partial charge in [0.05, 0.1) is 46.5 Å². The molecule has 0 spiro atoms. The molecule has 1 saturated carbocycles. The van der Waals surface area contributed by atoms with E-state index >= 15 is 0 Å². The van der Waals surface area contributed by atoms with Gasteiger partial charge in [-0.3, -0.25) is 4.72 Å². The van der Waals surface area contributed by atoms with E-state index in [1.165, 1.54) is 6.07 Å². The molecule has 12 heteroatoms. The summed E-state index contributed by atoms with van der Waals surface area (Å²) in [5.41, 5.74) is 1.34. The summed E-state index contributed by atoms with van der Waals surface area (Å²) >= 11 is 6.51. The van der Waals surface area contributed by atoms with Crippen molar-refractivity contribution >= 4 is 33.3 Å². The molecule has 2 heterocycles. The van der Waals surface area contributed by atoms with Crippen LogP contribution >= 0.6 is 11.6 Å². The number of imidazole rings is 1. The Kier molecular flexibility index (Phi) is 5.99. The first-order chi connectivity index (χ1) is 15.6. The van der Waals surface area contributed by atoms with Crippen LogP contribution in [-0.4, -0.2) is 41.2 Å². The van der Waals surface area contributed by atoms with Gasteiger partial charge in [-0.15, -0.1) is 0 Å². The van der Waals surface area contributed by atoms with Crippen LogP contribution in [0.25, 0.3) is 22.6 Å². The van der Waals surface area contributed by atoms with E-state index in [0.29, 0.717) is 41.8 Å². The second-order valence-corrected chi connectivity index (χ2v) is 10.3. The maximum atomic E-state index is 14.5. The summed E-state index contributed by atoms with van der Waals surface area (Å²) in [5, 5.41) is 11.7. The normalized spacial score (nSPS) is 14.5. The molecular weight excluding hydrogens is 469 g/mol. The lowest BCUT2D eigenvalue weighted by Crippen LogP contribution is -2.10. The monoisotopic (exact) mass is 489 g/mol. The van der Waals surface area contributed by atoms with Crippen molar-refractivity contribution in [3.63, 3.8) is 0 Å². The molecule has 3 aromatic rings. The Morgan fingerprint density at radius 3 is 2.76 bits per heavy atom. The van der Waals surface area contributed by atoms with Gasteiger partial charge in [-0.05, 0) is 31.0 Å². The van der Waals surface area contributed by atoms with Crippen molar-refractivity contribution in [1.82, 2.24) is 19.9 Å². The third-order valence-electron chi connectivity index (χ3n) is 5.30. The number of aromatic amines is 1. The maximum Gasteiger partial charge on any atom is 0.229 e. The molecule has 2 aromatic heterocycles. The first kappa shape index (κ1) is 22.9. The predicted molar refractivity (Wildman–Crippen MR) is 124 cm³/mol. The minimum absolute atomic E-state index is 0.0171. The first-order valence-corrected chi connectivity index (χ1v) is 12.4. The lowest BCUT2D eigenvalue weighted by molar-refractivity contribution is 0.606. The Bertz CT molecular complexity index is 1360. The number of hydrogen-bond acceptors (Lipinski definition) is 7. The molecule has 33 heavy (non-hydrogen) atoms. The van der Waals surface area contributed by atoms with Crippen LogP contribution < -0.4 is 10.0 Å². The number of anilines is 2. The van der Waals surface area contributed by atoms with Crippen LogP contribution in [-0.2, 0) is 15.4 Å². The van der Waals surface area contributed by atoms with Crippen LogP contribution in [0.1, 0.15) is 32.0 Å². The molecule has 0 unspecified atom stereocenters. The second-order valence-electron chi connectivity index (χ2n) is 8.16. The van der Waals surface area contributed by atoms with E-state index in [9.17, 15) is 12.8 Å². The SMILES string of the molecule is CC1(c2nc(-c3cc(F)cc(NS(C)(=O)=O)c3Cl)c(-c3ccnc(NCCC#N)n3)[nH]2)CC1. The number of benzene rings is 1. The molecule has 0 atom stereocenters. The number of nitrogens with zero attached hydrogens (tertiary/aromatic N) is 4. The number of rotatable bonds is 8. The van der Waals surface area contributed by atoms with Crippen molar-refractivity contribution in [3.05, 3.63) is 41.1 Å². The van der Waals surface area contributed by atoms with Crippen LogP contribution in [0.4, 0.5) is 16.0 Å². The Hall–Kier alpha value is -3.23. The fraction of sp³-hybridized carbons (Fsp3) is 0.333. The van der Waals surface area contributed by atoms with Crippen LogP contribution in [0.5, 0.6) is 0 Å². The highest BCUT2D eigenvalue weighted by Gasteiger charge is 2.43. The molecule has 1 fully saturated rings. The zero-order valence-corrected chi connectivity index (χ0v) is 19.5. The van der Waals surface area contributed by atoms with Gasteiger partial charge in [0.1, 0.15) is 11.6 Å². The van der Waals surface area contributed by atoms with Gasteiger partial charge in [0.25, 0.3) is 0 Å². The van der Waals surface area contributed by atoms with E-state index < -0.39 is 15.8 Å². The van der Waals surface area contributed by atoms with Gasteiger partial charge in [-0.25, -0.2) is 27.8 Å². The van der Waals surface area contributed by atoms with Gasteiger partial charge in [0, 0.05) is 23.7 Å². The summed E-state index contributed by atoms with van der Waals surface area (Å²) in [5.74, 6) is 0.366. The molecule has 3 N–H and O–H groups in total. The van der Waals surface area contributed by atoms with Crippen molar-refractivity contribution in [2.75, 3.05) is 22.8 Å². The molecule has 4 rings (SSSR count). The second kappa shape index (κ2) is 8.61. The molecule has 0 bridgehead atoms. The molecule has 0 saturated heterocycles. The predicted octanol–water partition coefficient (Wildman–Crippen LogP) is 4.07. The van der Waals surface area contributed by atoms with E-state index in [1.54, 1.807) is 12.3 Å². The van der Waals surface area contributed by atoms with Crippen molar-refractivity contribution < 1.29 is 12.8 Å². The smallest absolute Gasteiger partial charge is 0.229 e. The average Bonchev–Trinajstić information content (AvgIpc) is 3.33. The Balaban J connectivity index is 1.85. The lowest BCUT2D eigenvalue weighted by atomic mass is 10.1. The van der Waals surface area contributed by atoms with Crippen LogP contribution in [0, 0.1) is 17.1 Å². The molecule has 0 radical (unpaired) electrons. The number of H-pyrrole nitrogens is 1. The van der Waals surface area contributed by atoms with Gasteiger partial charge >= 0.3 is 0 Å². The number of hydrogen-bond donors (Lipinski definition) is 3. The molecule has 0 aliphatic heterocycles. The topological polar surface area (TPSA) is 136 Å². The molecular formula is C21H21ClFN7O2S. The fourth-order valence-corrected chi connectivity index (χ4v) is 4.17. The van der Waals surface area contributed by atoms with Gasteiger partial charge in [-0.1, -0.05) is 18.5 Å². The van der Waals surface area contributed by atoms with E-state index in [0.717, 1.165) is 25.2 Å². The van der Waals surface area contributed by atoms with E-state index in [4.69, 9.17) is 21.8 Å². The highest BCUT2D eigenvalue weighted by atomic mass is 35.5. The largest absolute Gasteiger partial charge is 0.353 e. The fourth-order valence-electron chi connectivity index (χ4n) is 3.31. The summed E-state index contributed by atoms with van der Waals surface area (Å²) in [6.07, 6.45) is 4.70. The first-order valence-electron chi connectivity index (χ1n) is 10.1. The standard InChI is InChI=1S/C21H21ClFN7O2S/c1-21(5-6-21)19-28-17(13-10-12(23)11-15(16(13)22)30-33(2,31)32)18(29-19)14-4-9-26-20(27-14)25-8-3-7-24/h4,9-11,30H,3,5-6,8H2,1-2H3,(H,28,29)(H,25,26,27). The highest BCUT2D eigenvalue weighted by molar-refractivity contribution is 7.92. The van der Waals surface area contributed by atoms with Crippen molar-refractivity contribution in [2.24, 2.45) is 0 Å². The molecule has 172 valence electrons. The van der Waals surface area contributed by atoms with Gasteiger partial charge < -0.3 is 10.3 Å². The average molecular weight is 490 g/mol. The quantitative estimate of drug-likeness (QED) is 0.405. The molecule has 1 aromatic carbocycles. The Labute approximate surface area is 195 Å². The summed E-state index contributed by atoms with van der Waals surface area (Å²) in [7, 11) is -3.68. The van der Waals surface area contributed by atoms with Crippen LogP contribution in [0.3, 0.4) is 0 Å². The van der Waals surface area contributed by atoms with Crippen molar-refractivity contribution in [1.29, 1.82) is 5.26 Å². The zero-order valence-electron chi connectivity index (χ0n) is 17.9. The highest BCUT2D eigenvalue weighted by Crippen LogP contribution is 2.48. The minimum atomic E-state index is -3.68. The number of halogens is 2. The van der Waals surface area contributed by atoms with Crippen molar-refractivity contribution in [2.45, 2.75) is 31.6 Å². The zero-order chi connectivity index (χ0) is 23.8. The number of sulfonamides is 1. The van der Waals surface area contributed by atoms with E-state index in [-0.39, 0.29) is 21.7 Å². The molecule has 1 aliphatic rings.